The third kappa shape index (κ3) is 4.05. The van der Waals surface area contributed by atoms with Crippen molar-refractivity contribution in [1.82, 2.24) is 4.90 Å². The molecule has 1 aliphatic carbocycles. The number of hydrogen-bond donors (Lipinski definition) is 0. The van der Waals surface area contributed by atoms with E-state index in [4.69, 9.17) is 0 Å². The van der Waals surface area contributed by atoms with Crippen LogP contribution in [0.2, 0.25) is 0 Å². The second-order valence-electron chi connectivity index (χ2n) is 7.08. The molecule has 1 saturated heterocycles. The molecular weight excluding hydrogens is 234 g/mol. The van der Waals surface area contributed by atoms with Gasteiger partial charge in [0, 0.05) is 31.5 Å². The Labute approximate surface area is 118 Å². The third-order valence-electron chi connectivity index (χ3n) is 5.27. The Morgan fingerprint density at radius 2 is 2.00 bits per heavy atom. The molecule has 0 N–H and O–H groups in total. The van der Waals surface area contributed by atoms with Crippen LogP contribution >= 0.6 is 0 Å². The van der Waals surface area contributed by atoms with Gasteiger partial charge >= 0.3 is 0 Å². The number of rotatable bonds is 4. The predicted molar refractivity (Wildman–Crippen MR) is 80.2 cm³/mol. The van der Waals surface area contributed by atoms with E-state index < -0.39 is 0 Å². The van der Waals surface area contributed by atoms with Crippen molar-refractivity contribution in [3.8, 4) is 0 Å². The first-order valence-electron chi connectivity index (χ1n) is 8.36. The van der Waals surface area contributed by atoms with Crippen molar-refractivity contribution in [3.05, 3.63) is 0 Å². The minimum absolute atomic E-state index is 0.332. The van der Waals surface area contributed by atoms with Gasteiger partial charge in [-0.05, 0) is 44.4 Å². The van der Waals surface area contributed by atoms with Crippen LogP contribution in [-0.4, -0.2) is 29.8 Å². The van der Waals surface area contributed by atoms with Crippen LogP contribution in [0.1, 0.15) is 65.7 Å². The Balaban J connectivity index is 1.90. The van der Waals surface area contributed by atoms with Crippen LogP contribution in [-0.2, 0) is 4.79 Å². The van der Waals surface area contributed by atoms with Crippen molar-refractivity contribution in [2.75, 3.05) is 13.1 Å². The monoisotopic (exact) mass is 265 g/mol. The number of carbonyl (C=O) groups is 1. The number of likely N-dealkylation sites (tertiary alicyclic amines) is 1. The van der Waals surface area contributed by atoms with E-state index in [0.29, 0.717) is 17.7 Å². The summed E-state index contributed by atoms with van der Waals surface area (Å²) in [6.45, 7) is 9.18. The first-order chi connectivity index (χ1) is 9.10. The van der Waals surface area contributed by atoms with Crippen molar-refractivity contribution in [2.45, 2.75) is 71.8 Å². The Kier molecular flexibility index (Phi) is 5.44. The number of ketones is 1. The molecule has 19 heavy (non-hydrogen) atoms. The molecule has 1 heterocycles. The van der Waals surface area contributed by atoms with E-state index in [1.165, 1.54) is 32.2 Å². The lowest BCUT2D eigenvalue weighted by molar-refractivity contribution is -0.126. The van der Waals surface area contributed by atoms with E-state index >= 15 is 0 Å². The largest absolute Gasteiger partial charge is 0.300 e. The summed E-state index contributed by atoms with van der Waals surface area (Å²) >= 11 is 0. The molecule has 2 nitrogen and oxygen atoms in total. The van der Waals surface area contributed by atoms with Crippen LogP contribution in [0.3, 0.4) is 0 Å². The van der Waals surface area contributed by atoms with Gasteiger partial charge in [0.15, 0.2) is 0 Å². The Morgan fingerprint density at radius 1 is 1.21 bits per heavy atom. The van der Waals surface area contributed by atoms with Crippen LogP contribution in [0.4, 0.5) is 0 Å². The fraction of sp³-hybridized carbons (Fsp3) is 0.941. The fourth-order valence-corrected chi connectivity index (χ4v) is 3.97. The van der Waals surface area contributed by atoms with E-state index in [1.54, 1.807) is 0 Å². The van der Waals surface area contributed by atoms with Crippen molar-refractivity contribution in [3.63, 3.8) is 0 Å². The van der Waals surface area contributed by atoms with Crippen LogP contribution in [0, 0.1) is 17.8 Å². The summed E-state index contributed by atoms with van der Waals surface area (Å²) in [7, 11) is 0. The Bertz CT molecular complexity index is 302. The van der Waals surface area contributed by atoms with Crippen molar-refractivity contribution < 1.29 is 4.79 Å². The van der Waals surface area contributed by atoms with Gasteiger partial charge in [-0.15, -0.1) is 0 Å². The summed E-state index contributed by atoms with van der Waals surface area (Å²) in [6, 6.07) is 0.676. The summed E-state index contributed by atoms with van der Waals surface area (Å²) in [4.78, 5) is 14.8. The average Bonchev–Trinajstić information content (AvgIpc) is 2.38. The lowest BCUT2D eigenvalue weighted by atomic mass is 9.78. The van der Waals surface area contributed by atoms with Gasteiger partial charge in [0.1, 0.15) is 5.78 Å². The first-order valence-corrected chi connectivity index (χ1v) is 8.36. The molecule has 4 atom stereocenters. The number of Topliss-reactive ketones (excluding diaryl/α,β-unsaturated/α-hetero) is 1. The summed E-state index contributed by atoms with van der Waals surface area (Å²) < 4.78 is 0. The summed E-state index contributed by atoms with van der Waals surface area (Å²) in [5, 5.41) is 0. The number of nitrogens with zero attached hydrogens (tertiary/aromatic N) is 1. The smallest absolute Gasteiger partial charge is 0.137 e. The molecule has 0 spiro atoms. The number of carbonyl (C=O) groups excluding carboxylic acids is 1. The molecule has 110 valence electrons. The maximum atomic E-state index is 12.2. The van der Waals surface area contributed by atoms with Gasteiger partial charge in [0.05, 0.1) is 0 Å². The third-order valence-corrected chi connectivity index (χ3v) is 5.27. The van der Waals surface area contributed by atoms with E-state index in [2.05, 4.69) is 25.7 Å². The van der Waals surface area contributed by atoms with Gasteiger partial charge < -0.3 is 0 Å². The lowest BCUT2D eigenvalue weighted by Crippen LogP contribution is -2.45. The van der Waals surface area contributed by atoms with Gasteiger partial charge in [-0.1, -0.05) is 26.7 Å². The fourth-order valence-electron chi connectivity index (χ4n) is 3.97. The average molecular weight is 265 g/mol. The predicted octanol–water partition coefficient (Wildman–Crippen LogP) is 3.89. The molecule has 0 bridgehead atoms. The molecule has 0 radical (unpaired) electrons. The topological polar surface area (TPSA) is 20.3 Å². The summed E-state index contributed by atoms with van der Waals surface area (Å²) in [5.74, 6) is 2.49. The molecule has 0 aromatic heterocycles. The van der Waals surface area contributed by atoms with Crippen LogP contribution < -0.4 is 0 Å². The zero-order valence-corrected chi connectivity index (χ0v) is 13.0. The van der Waals surface area contributed by atoms with Gasteiger partial charge in [0.2, 0.25) is 0 Å². The zero-order chi connectivity index (χ0) is 13.8. The van der Waals surface area contributed by atoms with Crippen molar-refractivity contribution >= 4 is 5.78 Å². The molecule has 2 heteroatoms. The van der Waals surface area contributed by atoms with E-state index in [-0.39, 0.29) is 0 Å². The number of hydrogen-bond acceptors (Lipinski definition) is 2. The highest BCUT2D eigenvalue weighted by Crippen LogP contribution is 2.32. The number of piperidine rings is 1. The van der Waals surface area contributed by atoms with Crippen LogP contribution in [0.5, 0.6) is 0 Å². The molecule has 2 fully saturated rings. The maximum Gasteiger partial charge on any atom is 0.137 e. The molecule has 2 aliphatic rings. The molecule has 0 aromatic rings. The minimum Gasteiger partial charge on any atom is -0.300 e. The highest BCUT2D eigenvalue weighted by Gasteiger charge is 2.32. The normalized spacial score (nSPS) is 37.5. The SMILES string of the molecule is CCCC1CCC(=O)C(CN2CC(C)CCC2C)C1. The van der Waals surface area contributed by atoms with Crippen LogP contribution in [0.15, 0.2) is 0 Å². The second-order valence-corrected chi connectivity index (χ2v) is 7.08. The summed E-state index contributed by atoms with van der Waals surface area (Å²) in [6.07, 6.45) is 8.39. The quantitative estimate of drug-likeness (QED) is 0.768. The standard InChI is InChI=1S/C17H31NO/c1-4-5-15-8-9-17(19)16(10-15)12-18-11-13(2)6-7-14(18)3/h13-16H,4-12H2,1-3H3. The first kappa shape index (κ1) is 15.0. The molecule has 0 amide bonds. The molecule has 2 rings (SSSR count). The minimum atomic E-state index is 0.332. The highest BCUT2D eigenvalue weighted by atomic mass is 16.1. The van der Waals surface area contributed by atoms with Crippen LogP contribution in [0.25, 0.3) is 0 Å². The van der Waals surface area contributed by atoms with Crippen molar-refractivity contribution in [1.29, 1.82) is 0 Å². The highest BCUT2D eigenvalue weighted by molar-refractivity contribution is 5.82. The van der Waals surface area contributed by atoms with Gasteiger partial charge in [-0.2, -0.15) is 0 Å². The van der Waals surface area contributed by atoms with Crippen molar-refractivity contribution in [2.24, 2.45) is 17.8 Å². The molecule has 1 saturated carbocycles. The zero-order valence-electron chi connectivity index (χ0n) is 13.0. The second kappa shape index (κ2) is 6.88. The van der Waals surface area contributed by atoms with E-state index in [1.807, 2.05) is 0 Å². The summed E-state index contributed by atoms with van der Waals surface area (Å²) in [5.41, 5.74) is 0. The van der Waals surface area contributed by atoms with Gasteiger partial charge in [-0.3, -0.25) is 9.69 Å². The lowest BCUT2D eigenvalue weighted by Gasteiger charge is -2.40. The molecule has 0 aromatic carbocycles. The Hall–Kier alpha value is -0.370. The maximum absolute atomic E-state index is 12.2. The van der Waals surface area contributed by atoms with Gasteiger partial charge in [-0.25, -0.2) is 0 Å². The molecule has 4 unspecified atom stereocenters. The van der Waals surface area contributed by atoms with E-state index in [9.17, 15) is 4.79 Å². The molecule has 1 aliphatic heterocycles. The Morgan fingerprint density at radius 3 is 2.74 bits per heavy atom. The molecular formula is C17H31NO. The van der Waals surface area contributed by atoms with Gasteiger partial charge in [0.25, 0.3) is 0 Å². The van der Waals surface area contributed by atoms with E-state index in [0.717, 1.165) is 37.6 Å².